The number of morpholine rings is 1. The number of aryl methyl sites for hydroxylation is 1. The average Bonchev–Trinajstić information content (AvgIpc) is 3.77. The third kappa shape index (κ3) is 10.1. The Balaban J connectivity index is 0.804. The molecule has 4 heterocycles. The van der Waals surface area contributed by atoms with Gasteiger partial charge in [-0.15, -0.1) is 11.3 Å². The van der Waals surface area contributed by atoms with Gasteiger partial charge < -0.3 is 28.6 Å². The summed E-state index contributed by atoms with van der Waals surface area (Å²) in [6.45, 7) is 4.27. The number of halogens is 2. The van der Waals surface area contributed by atoms with Gasteiger partial charge in [0.25, 0.3) is 11.8 Å². The molecular formula is C38H44F2N4O10S. The number of nitrogens with zero attached hydrogens (tertiary/aromatic N) is 3. The quantitative estimate of drug-likeness (QED) is 0.154. The largest absolute Gasteiger partial charge is 0.379 e. The van der Waals surface area contributed by atoms with E-state index in [-0.39, 0.29) is 37.2 Å². The molecule has 0 saturated carbocycles. The van der Waals surface area contributed by atoms with Crippen molar-refractivity contribution in [2.45, 2.75) is 56.6 Å². The molecule has 2 saturated heterocycles. The number of allylic oxidation sites excluding steroid dienone is 2. The molecule has 296 valence electrons. The summed E-state index contributed by atoms with van der Waals surface area (Å²) < 4.78 is 56.7. The van der Waals surface area contributed by atoms with Gasteiger partial charge in [-0.05, 0) is 43.4 Å². The number of nitrogens with one attached hydrogen (secondary N) is 1. The van der Waals surface area contributed by atoms with Crippen molar-refractivity contribution in [2.75, 3.05) is 77.5 Å². The zero-order chi connectivity index (χ0) is 38.7. The summed E-state index contributed by atoms with van der Waals surface area (Å²) in [4.78, 5) is 70.3. The first-order valence-electron chi connectivity index (χ1n) is 18.4. The van der Waals surface area contributed by atoms with Crippen molar-refractivity contribution in [3.8, 4) is 0 Å². The van der Waals surface area contributed by atoms with Crippen molar-refractivity contribution in [2.24, 2.45) is 0 Å². The second-order valence-corrected chi connectivity index (χ2v) is 14.2. The molecule has 4 amide bonds. The van der Waals surface area contributed by atoms with Gasteiger partial charge in [0, 0.05) is 44.5 Å². The molecule has 1 aromatic heterocycles. The molecule has 3 unspecified atom stereocenters. The number of aromatic nitrogens is 1. The number of benzene rings is 1. The van der Waals surface area contributed by atoms with Gasteiger partial charge in [0.2, 0.25) is 11.8 Å². The number of ether oxygens (including phenoxy) is 5. The van der Waals surface area contributed by atoms with Crippen LogP contribution in [-0.4, -0.2) is 124 Å². The lowest BCUT2D eigenvalue weighted by molar-refractivity contribution is -0.136. The van der Waals surface area contributed by atoms with Crippen molar-refractivity contribution in [1.29, 1.82) is 0 Å². The molecule has 2 fully saturated rings. The topological polar surface area (TPSA) is 163 Å². The standard InChI is InChI=1S/C38H44F2N4O10S/c39-28-9-8-26(29-23-55-38(41-29)43-12-16-52-17-13-43)34(33(28)40)54-22-25(45)6-3-15-51-19-21-53-20-18-50-14-2-5-24-4-1-7-27-32(24)37(49)44(36(27)48)30-10-11-31(46)42-35(30)47/h1,4,7-9,23,26,30,34H,2-3,5-6,10-22H2,(H,42,46,47). The highest BCUT2D eigenvalue weighted by molar-refractivity contribution is 7.13. The number of hydrogen-bond donors (Lipinski definition) is 1. The maximum atomic E-state index is 14.8. The number of Topliss-reactive ketones (excluding diaryl/α,β-unsaturated/α-hetero) is 1. The van der Waals surface area contributed by atoms with E-state index in [1.54, 1.807) is 23.6 Å². The zero-order valence-corrected chi connectivity index (χ0v) is 31.1. The monoisotopic (exact) mass is 786 g/mol. The maximum absolute atomic E-state index is 14.8. The minimum absolute atomic E-state index is 0.0603. The lowest BCUT2D eigenvalue weighted by Crippen LogP contribution is -2.54. The van der Waals surface area contributed by atoms with Crippen LogP contribution in [0.2, 0.25) is 0 Å². The molecule has 4 aliphatic rings. The Labute approximate surface area is 320 Å². The van der Waals surface area contributed by atoms with Gasteiger partial charge in [-0.2, -0.15) is 0 Å². The molecule has 0 bridgehead atoms. The van der Waals surface area contributed by atoms with Crippen LogP contribution in [0, 0.1) is 0 Å². The summed E-state index contributed by atoms with van der Waals surface area (Å²) >= 11 is 1.42. The second-order valence-electron chi connectivity index (χ2n) is 13.3. The van der Waals surface area contributed by atoms with Crippen LogP contribution in [-0.2, 0) is 44.5 Å². The first-order chi connectivity index (χ1) is 26.7. The Morgan fingerprint density at radius 2 is 1.69 bits per heavy atom. The normalized spacial score (nSPS) is 21.5. The molecule has 1 aromatic carbocycles. The molecular weight excluding hydrogens is 742 g/mol. The lowest BCUT2D eigenvalue weighted by atomic mass is 9.93. The number of anilines is 1. The number of imide groups is 2. The van der Waals surface area contributed by atoms with E-state index >= 15 is 0 Å². The highest BCUT2D eigenvalue weighted by atomic mass is 32.1. The fourth-order valence-corrected chi connectivity index (χ4v) is 7.67. The minimum atomic E-state index is -1.28. The van der Waals surface area contributed by atoms with E-state index in [4.69, 9.17) is 23.7 Å². The third-order valence-electron chi connectivity index (χ3n) is 9.59. The van der Waals surface area contributed by atoms with Crippen molar-refractivity contribution in [1.82, 2.24) is 15.2 Å². The first kappa shape index (κ1) is 40.4. The minimum Gasteiger partial charge on any atom is -0.379 e. The summed E-state index contributed by atoms with van der Waals surface area (Å²) in [6, 6.07) is 4.05. The number of ketones is 1. The molecule has 0 radical (unpaired) electrons. The SMILES string of the molecule is O=C(CCCOCCOCCOCCCc1cccc2c1C(=O)N(C1CCC(=O)NC1=O)C2=O)COC1C(F)=C(F)C=CC1c1csc(N2CCOCC2)n1. The summed E-state index contributed by atoms with van der Waals surface area (Å²) in [6.07, 6.45) is 3.13. The zero-order valence-electron chi connectivity index (χ0n) is 30.3. The van der Waals surface area contributed by atoms with Gasteiger partial charge >= 0.3 is 0 Å². The molecule has 3 atom stereocenters. The third-order valence-corrected chi connectivity index (χ3v) is 10.5. The van der Waals surface area contributed by atoms with Gasteiger partial charge in [0.05, 0.1) is 62.4 Å². The van der Waals surface area contributed by atoms with E-state index < -0.39 is 53.3 Å². The average molecular weight is 787 g/mol. The van der Waals surface area contributed by atoms with Gasteiger partial charge in [0.15, 0.2) is 22.6 Å². The fourth-order valence-electron chi connectivity index (χ4n) is 6.75. The molecule has 0 spiro atoms. The lowest BCUT2D eigenvalue weighted by Gasteiger charge is -2.27. The van der Waals surface area contributed by atoms with Crippen LogP contribution in [0.1, 0.15) is 70.0 Å². The van der Waals surface area contributed by atoms with Gasteiger partial charge in [-0.25, -0.2) is 13.8 Å². The van der Waals surface area contributed by atoms with Crippen LogP contribution in [0.4, 0.5) is 13.9 Å². The number of amides is 4. The maximum Gasteiger partial charge on any atom is 0.262 e. The van der Waals surface area contributed by atoms with E-state index in [0.29, 0.717) is 102 Å². The summed E-state index contributed by atoms with van der Waals surface area (Å²) in [5.74, 6) is -5.12. The molecule has 55 heavy (non-hydrogen) atoms. The highest BCUT2D eigenvalue weighted by Gasteiger charge is 2.45. The number of hydrogen-bond acceptors (Lipinski definition) is 13. The predicted molar refractivity (Wildman–Crippen MR) is 194 cm³/mol. The van der Waals surface area contributed by atoms with E-state index in [1.165, 1.54) is 17.4 Å². The molecule has 1 N–H and O–H groups in total. The second kappa shape index (κ2) is 19.6. The molecule has 14 nitrogen and oxygen atoms in total. The Kier molecular flexibility index (Phi) is 14.4. The van der Waals surface area contributed by atoms with Crippen molar-refractivity contribution >= 4 is 45.9 Å². The van der Waals surface area contributed by atoms with Crippen LogP contribution >= 0.6 is 11.3 Å². The molecule has 17 heteroatoms. The number of piperidine rings is 1. The van der Waals surface area contributed by atoms with Crippen LogP contribution in [0.3, 0.4) is 0 Å². The van der Waals surface area contributed by atoms with Crippen molar-refractivity contribution in [3.63, 3.8) is 0 Å². The number of carbonyl (C=O) groups is 5. The smallest absolute Gasteiger partial charge is 0.262 e. The van der Waals surface area contributed by atoms with Gasteiger partial charge in [0.1, 0.15) is 18.8 Å². The number of rotatable bonds is 20. The molecule has 6 rings (SSSR count). The van der Waals surface area contributed by atoms with Gasteiger partial charge in [-0.3, -0.25) is 34.2 Å². The molecule has 2 aromatic rings. The highest BCUT2D eigenvalue weighted by Crippen LogP contribution is 2.37. The summed E-state index contributed by atoms with van der Waals surface area (Å²) in [7, 11) is 0. The van der Waals surface area contributed by atoms with E-state index in [2.05, 4.69) is 15.2 Å². The first-order valence-corrected chi connectivity index (χ1v) is 19.3. The van der Waals surface area contributed by atoms with E-state index in [9.17, 15) is 32.8 Å². The summed E-state index contributed by atoms with van der Waals surface area (Å²) in [5, 5.41) is 4.78. The Morgan fingerprint density at radius 1 is 0.964 bits per heavy atom. The van der Waals surface area contributed by atoms with Crippen LogP contribution in [0.25, 0.3) is 0 Å². The van der Waals surface area contributed by atoms with Crippen LogP contribution in [0.15, 0.2) is 47.4 Å². The van der Waals surface area contributed by atoms with E-state index in [0.717, 1.165) is 16.1 Å². The van der Waals surface area contributed by atoms with E-state index in [1.807, 2.05) is 0 Å². The number of fused-ring (bicyclic) bond motifs is 1. The summed E-state index contributed by atoms with van der Waals surface area (Å²) in [5.41, 5.74) is 1.79. The predicted octanol–water partition coefficient (Wildman–Crippen LogP) is 3.60. The Hall–Kier alpha value is -4.26. The van der Waals surface area contributed by atoms with Crippen molar-refractivity contribution in [3.05, 3.63) is 69.8 Å². The van der Waals surface area contributed by atoms with Crippen LogP contribution < -0.4 is 10.2 Å². The Morgan fingerprint density at radius 3 is 2.44 bits per heavy atom. The Bertz CT molecular complexity index is 1800. The van der Waals surface area contributed by atoms with Crippen LogP contribution in [0.5, 0.6) is 0 Å². The fraction of sp³-hybridized carbons (Fsp3) is 0.526. The molecule has 1 aliphatic carbocycles. The van der Waals surface area contributed by atoms with Crippen molar-refractivity contribution < 1.29 is 56.4 Å². The number of thiazole rings is 1. The molecule has 3 aliphatic heterocycles. The number of carbonyl (C=O) groups excluding carboxylic acids is 5. The van der Waals surface area contributed by atoms with Gasteiger partial charge in [-0.1, -0.05) is 18.2 Å².